The van der Waals surface area contributed by atoms with Crippen LogP contribution in [0.25, 0.3) is 0 Å². The SMILES string of the molecule is C[P+](=O)CC(N)=O. The van der Waals surface area contributed by atoms with Crippen molar-refractivity contribution in [1.82, 2.24) is 0 Å². The standard InChI is InChI=1S/C3H6NO2P/c1-7(6)2-3(4)5/h2H2,1H3,(H-,4,5)/p+1. The zero-order chi connectivity index (χ0) is 5.86. The minimum absolute atomic E-state index is 0.00926. The van der Waals surface area contributed by atoms with Gasteiger partial charge in [-0.2, -0.15) is 0 Å². The Morgan fingerprint density at radius 2 is 2.29 bits per heavy atom. The van der Waals surface area contributed by atoms with Crippen LogP contribution in [-0.2, 0) is 9.36 Å². The fourth-order valence-electron chi connectivity index (χ4n) is 0.219. The van der Waals surface area contributed by atoms with Crippen LogP contribution in [0.15, 0.2) is 0 Å². The van der Waals surface area contributed by atoms with Crippen molar-refractivity contribution in [2.24, 2.45) is 5.73 Å². The van der Waals surface area contributed by atoms with Crippen molar-refractivity contribution in [1.29, 1.82) is 0 Å². The topological polar surface area (TPSA) is 60.2 Å². The van der Waals surface area contributed by atoms with Gasteiger partial charge in [0, 0.05) is 0 Å². The Hall–Kier alpha value is -0.430. The first-order valence-corrected chi connectivity index (χ1v) is 3.68. The Morgan fingerprint density at radius 3 is 2.29 bits per heavy atom. The fraction of sp³-hybridized carbons (Fsp3) is 0.667. The van der Waals surface area contributed by atoms with Gasteiger partial charge in [-0.05, 0) is 0 Å². The Kier molecular flexibility index (Phi) is 2.53. The molecule has 2 N–H and O–H groups in total. The van der Waals surface area contributed by atoms with E-state index >= 15 is 0 Å². The van der Waals surface area contributed by atoms with Gasteiger partial charge in [-0.3, -0.25) is 4.79 Å². The monoisotopic (exact) mass is 120 g/mol. The summed E-state index contributed by atoms with van der Waals surface area (Å²) in [5, 5.41) is 0. The summed E-state index contributed by atoms with van der Waals surface area (Å²) in [6.07, 6.45) is 0.00926. The first-order valence-electron chi connectivity index (χ1n) is 1.79. The number of hydrogen-bond acceptors (Lipinski definition) is 2. The summed E-state index contributed by atoms with van der Waals surface area (Å²) in [5.41, 5.74) is 4.67. The molecular formula is C3H7NO2P+. The van der Waals surface area contributed by atoms with Crippen LogP contribution in [-0.4, -0.2) is 18.7 Å². The molecule has 1 amide bonds. The number of hydrogen-bond donors (Lipinski definition) is 1. The molecule has 7 heavy (non-hydrogen) atoms. The third-order valence-corrected chi connectivity index (χ3v) is 1.14. The number of carbonyl (C=O) groups excluding carboxylic acids is 1. The molecule has 0 saturated heterocycles. The summed E-state index contributed by atoms with van der Waals surface area (Å²) in [5.74, 6) is -0.497. The molecule has 0 saturated carbocycles. The lowest BCUT2D eigenvalue weighted by atomic mass is 10.8. The highest BCUT2D eigenvalue weighted by Crippen LogP contribution is 2.10. The van der Waals surface area contributed by atoms with Crippen molar-refractivity contribution in [3.63, 3.8) is 0 Å². The van der Waals surface area contributed by atoms with Crippen LogP contribution >= 0.6 is 7.80 Å². The molecule has 1 unspecified atom stereocenters. The van der Waals surface area contributed by atoms with Crippen LogP contribution in [0.2, 0.25) is 0 Å². The lowest BCUT2D eigenvalue weighted by molar-refractivity contribution is -0.115. The molecule has 0 spiro atoms. The van der Waals surface area contributed by atoms with Gasteiger partial charge in [-0.25, -0.2) is 0 Å². The molecule has 0 bridgehead atoms. The van der Waals surface area contributed by atoms with Crippen molar-refractivity contribution >= 4 is 13.7 Å². The van der Waals surface area contributed by atoms with E-state index in [0.717, 1.165) is 0 Å². The van der Waals surface area contributed by atoms with E-state index in [4.69, 9.17) is 0 Å². The van der Waals surface area contributed by atoms with Gasteiger partial charge in [0.2, 0.25) is 6.16 Å². The average molecular weight is 120 g/mol. The van der Waals surface area contributed by atoms with Gasteiger partial charge in [-0.1, -0.05) is 4.57 Å². The van der Waals surface area contributed by atoms with Crippen LogP contribution in [0, 0.1) is 0 Å². The van der Waals surface area contributed by atoms with E-state index in [9.17, 15) is 9.36 Å². The van der Waals surface area contributed by atoms with Crippen LogP contribution in [0.1, 0.15) is 0 Å². The van der Waals surface area contributed by atoms with E-state index in [1.807, 2.05) is 0 Å². The van der Waals surface area contributed by atoms with Crippen molar-refractivity contribution < 1.29 is 9.36 Å². The normalized spacial score (nSPS) is 10.7. The van der Waals surface area contributed by atoms with Crippen LogP contribution in [0.3, 0.4) is 0 Å². The van der Waals surface area contributed by atoms with Gasteiger partial charge in [0.15, 0.2) is 0 Å². The Balaban J connectivity index is 3.32. The summed E-state index contributed by atoms with van der Waals surface area (Å²) in [4.78, 5) is 9.85. The van der Waals surface area contributed by atoms with Crippen LogP contribution < -0.4 is 5.73 Å². The zero-order valence-corrected chi connectivity index (χ0v) is 4.94. The van der Waals surface area contributed by atoms with Gasteiger partial charge in [0.1, 0.15) is 6.66 Å². The maximum atomic E-state index is 10.1. The molecule has 4 heteroatoms. The number of amides is 1. The molecule has 0 aliphatic heterocycles. The highest BCUT2D eigenvalue weighted by molar-refractivity contribution is 7.44. The first-order chi connectivity index (χ1) is 3.13. The molecule has 0 rings (SSSR count). The molecule has 0 aromatic heterocycles. The fourth-order valence-corrected chi connectivity index (χ4v) is 0.658. The van der Waals surface area contributed by atoms with Gasteiger partial charge in [0.25, 0.3) is 5.91 Å². The highest BCUT2D eigenvalue weighted by Gasteiger charge is 2.08. The van der Waals surface area contributed by atoms with E-state index in [-0.39, 0.29) is 6.16 Å². The maximum Gasteiger partial charge on any atom is 0.345 e. The first kappa shape index (κ1) is 6.57. The van der Waals surface area contributed by atoms with E-state index in [1.165, 1.54) is 6.66 Å². The van der Waals surface area contributed by atoms with Crippen molar-refractivity contribution in [2.75, 3.05) is 12.8 Å². The molecule has 0 aliphatic rings. The number of primary amides is 1. The lowest BCUT2D eigenvalue weighted by Crippen LogP contribution is -2.12. The number of nitrogens with two attached hydrogens (primary N) is 1. The largest absolute Gasteiger partial charge is 0.366 e. The molecule has 0 aliphatic carbocycles. The maximum absolute atomic E-state index is 10.1. The minimum atomic E-state index is -1.36. The van der Waals surface area contributed by atoms with Crippen molar-refractivity contribution in [2.45, 2.75) is 0 Å². The van der Waals surface area contributed by atoms with Crippen LogP contribution in [0.4, 0.5) is 0 Å². The molecule has 0 fully saturated rings. The second-order valence-corrected chi connectivity index (χ2v) is 2.82. The Morgan fingerprint density at radius 1 is 1.86 bits per heavy atom. The van der Waals surface area contributed by atoms with Crippen molar-refractivity contribution in [3.8, 4) is 0 Å². The van der Waals surface area contributed by atoms with Gasteiger partial charge >= 0.3 is 7.80 Å². The van der Waals surface area contributed by atoms with Gasteiger partial charge in [-0.15, -0.1) is 0 Å². The predicted molar refractivity (Wildman–Crippen MR) is 27.6 cm³/mol. The number of carbonyl (C=O) groups is 1. The summed E-state index contributed by atoms with van der Waals surface area (Å²) in [6.45, 7) is 1.47. The molecule has 1 atom stereocenters. The summed E-state index contributed by atoms with van der Waals surface area (Å²) in [6, 6.07) is 0. The molecule has 0 heterocycles. The minimum Gasteiger partial charge on any atom is -0.366 e. The average Bonchev–Trinajstić information content (AvgIpc) is 1.27. The molecule has 0 aromatic rings. The second kappa shape index (κ2) is 2.69. The van der Waals surface area contributed by atoms with E-state index in [0.29, 0.717) is 0 Å². The summed E-state index contributed by atoms with van der Waals surface area (Å²) < 4.78 is 10.1. The third kappa shape index (κ3) is 5.57. The van der Waals surface area contributed by atoms with Gasteiger partial charge in [0.05, 0.1) is 0 Å². The zero-order valence-electron chi connectivity index (χ0n) is 4.05. The molecule has 3 nitrogen and oxygen atoms in total. The molecule has 0 aromatic carbocycles. The third-order valence-electron chi connectivity index (χ3n) is 0.379. The summed E-state index contributed by atoms with van der Waals surface area (Å²) >= 11 is 0. The number of rotatable bonds is 2. The predicted octanol–water partition coefficient (Wildman–Crippen LogP) is -0.0711. The Labute approximate surface area is 42.7 Å². The lowest BCUT2D eigenvalue weighted by Gasteiger charge is -1.71. The molecule has 0 radical (unpaired) electrons. The van der Waals surface area contributed by atoms with Gasteiger partial charge < -0.3 is 5.73 Å². The smallest absolute Gasteiger partial charge is 0.345 e. The van der Waals surface area contributed by atoms with Crippen molar-refractivity contribution in [3.05, 3.63) is 0 Å². The summed E-state index contributed by atoms with van der Waals surface area (Å²) in [7, 11) is -1.36. The second-order valence-electron chi connectivity index (χ2n) is 1.25. The molecule has 40 valence electrons. The highest BCUT2D eigenvalue weighted by atomic mass is 31.1. The molecular weight excluding hydrogens is 113 g/mol. The van der Waals surface area contributed by atoms with E-state index in [1.54, 1.807) is 0 Å². The van der Waals surface area contributed by atoms with Crippen LogP contribution in [0.5, 0.6) is 0 Å². The van der Waals surface area contributed by atoms with E-state index in [2.05, 4.69) is 5.73 Å². The Bertz CT molecular complexity index is 89.1. The quantitative estimate of drug-likeness (QED) is 0.518. The van der Waals surface area contributed by atoms with E-state index < -0.39 is 13.7 Å².